The molecule has 1 aromatic carbocycles. The van der Waals surface area contributed by atoms with E-state index in [4.69, 9.17) is 0 Å². The van der Waals surface area contributed by atoms with Crippen LogP contribution in [0.4, 0.5) is 0 Å². The minimum absolute atomic E-state index is 0.00463. The molecule has 2 atom stereocenters. The lowest BCUT2D eigenvalue weighted by Crippen LogP contribution is -2.16. The zero-order valence-electron chi connectivity index (χ0n) is 11.9. The summed E-state index contributed by atoms with van der Waals surface area (Å²) < 4.78 is 0. The number of aromatic hydroxyl groups is 2. The highest BCUT2D eigenvalue weighted by Crippen LogP contribution is 2.34. The Morgan fingerprint density at radius 2 is 1.79 bits per heavy atom. The van der Waals surface area contributed by atoms with E-state index in [1.54, 1.807) is 12.1 Å². The first-order chi connectivity index (χ1) is 9.19. The smallest absolute Gasteiger partial charge is 0.157 e. The van der Waals surface area contributed by atoms with Crippen LogP contribution in [-0.2, 0) is 6.42 Å². The predicted molar refractivity (Wildman–Crippen MR) is 78.4 cm³/mol. The van der Waals surface area contributed by atoms with Gasteiger partial charge >= 0.3 is 0 Å². The number of benzene rings is 1. The van der Waals surface area contributed by atoms with Gasteiger partial charge in [0.25, 0.3) is 0 Å². The molecule has 0 radical (unpaired) electrons. The molecule has 0 saturated heterocycles. The van der Waals surface area contributed by atoms with E-state index in [1.807, 2.05) is 6.07 Å². The normalized spacial score (nSPS) is 23.4. The van der Waals surface area contributed by atoms with Crippen molar-refractivity contribution in [2.45, 2.75) is 58.3 Å². The van der Waals surface area contributed by atoms with Gasteiger partial charge in [0.05, 0.1) is 0 Å². The maximum atomic E-state index is 9.50. The summed E-state index contributed by atoms with van der Waals surface area (Å²) in [6.07, 6.45) is 10.5. The topological polar surface area (TPSA) is 40.5 Å². The van der Waals surface area contributed by atoms with Crippen molar-refractivity contribution in [3.05, 3.63) is 23.8 Å². The van der Waals surface area contributed by atoms with Crippen molar-refractivity contribution in [2.75, 3.05) is 0 Å². The lowest BCUT2D eigenvalue weighted by Gasteiger charge is -2.29. The number of hydrogen-bond acceptors (Lipinski definition) is 2. The molecule has 2 N–H and O–H groups in total. The van der Waals surface area contributed by atoms with Crippen LogP contribution < -0.4 is 0 Å². The van der Waals surface area contributed by atoms with Crippen molar-refractivity contribution in [1.29, 1.82) is 0 Å². The van der Waals surface area contributed by atoms with Crippen LogP contribution in [0.1, 0.15) is 57.4 Å². The van der Waals surface area contributed by atoms with E-state index in [2.05, 4.69) is 6.92 Å². The Morgan fingerprint density at radius 1 is 1.05 bits per heavy atom. The lowest BCUT2D eigenvalue weighted by molar-refractivity contribution is 0.243. The minimum atomic E-state index is -0.0237. The van der Waals surface area contributed by atoms with Crippen molar-refractivity contribution >= 4 is 0 Å². The monoisotopic (exact) mass is 262 g/mol. The SMILES string of the molecule is CCCC1CCCC(CCc2ccc(O)c(O)c2)C1. The highest BCUT2D eigenvalue weighted by molar-refractivity contribution is 5.40. The Labute approximate surface area is 116 Å². The number of rotatable bonds is 5. The van der Waals surface area contributed by atoms with E-state index in [9.17, 15) is 10.2 Å². The van der Waals surface area contributed by atoms with Gasteiger partial charge in [-0.3, -0.25) is 0 Å². The average Bonchev–Trinajstić information content (AvgIpc) is 2.41. The zero-order chi connectivity index (χ0) is 13.7. The van der Waals surface area contributed by atoms with E-state index >= 15 is 0 Å². The van der Waals surface area contributed by atoms with Gasteiger partial charge in [-0.05, 0) is 48.8 Å². The summed E-state index contributed by atoms with van der Waals surface area (Å²) in [5, 5.41) is 18.8. The number of phenolic OH excluding ortho intramolecular Hbond substituents is 2. The Kier molecular flexibility index (Phi) is 5.12. The molecular formula is C17H26O2. The van der Waals surface area contributed by atoms with Crippen LogP contribution in [0.5, 0.6) is 11.5 Å². The standard InChI is InChI=1S/C17H26O2/c1-2-4-13-5-3-6-14(11-13)7-8-15-9-10-16(18)17(19)12-15/h9-10,12-14,18-19H,2-8,11H2,1H3. The van der Waals surface area contributed by atoms with Gasteiger partial charge in [0.2, 0.25) is 0 Å². The van der Waals surface area contributed by atoms with E-state index in [0.29, 0.717) is 0 Å². The molecule has 106 valence electrons. The number of hydrogen-bond donors (Lipinski definition) is 2. The molecule has 0 aliphatic heterocycles. The molecule has 2 heteroatoms. The maximum absolute atomic E-state index is 9.50. The van der Waals surface area contributed by atoms with Crippen LogP contribution in [0.3, 0.4) is 0 Å². The van der Waals surface area contributed by atoms with Crippen LogP contribution in [0.15, 0.2) is 18.2 Å². The average molecular weight is 262 g/mol. The highest BCUT2D eigenvalue weighted by Gasteiger charge is 2.21. The summed E-state index contributed by atoms with van der Waals surface area (Å²) in [6, 6.07) is 5.20. The van der Waals surface area contributed by atoms with Crippen molar-refractivity contribution < 1.29 is 10.2 Å². The summed E-state index contributed by atoms with van der Waals surface area (Å²) in [6.45, 7) is 2.28. The minimum Gasteiger partial charge on any atom is -0.504 e. The largest absolute Gasteiger partial charge is 0.504 e. The fourth-order valence-corrected chi connectivity index (χ4v) is 3.43. The Bertz CT molecular complexity index is 398. The molecule has 0 spiro atoms. The fraction of sp³-hybridized carbons (Fsp3) is 0.647. The van der Waals surface area contributed by atoms with Gasteiger partial charge in [0.15, 0.2) is 11.5 Å². The second-order valence-electron chi connectivity index (χ2n) is 6.05. The summed E-state index contributed by atoms with van der Waals surface area (Å²) in [5.41, 5.74) is 1.13. The van der Waals surface area contributed by atoms with E-state index in [0.717, 1.165) is 23.8 Å². The summed E-state index contributed by atoms with van der Waals surface area (Å²) >= 11 is 0. The van der Waals surface area contributed by atoms with Crippen LogP contribution in [0.25, 0.3) is 0 Å². The van der Waals surface area contributed by atoms with Crippen molar-refractivity contribution in [2.24, 2.45) is 11.8 Å². The van der Waals surface area contributed by atoms with E-state index in [1.165, 1.54) is 44.9 Å². The molecule has 1 saturated carbocycles. The molecule has 0 aromatic heterocycles. The Hall–Kier alpha value is -1.18. The Morgan fingerprint density at radius 3 is 2.47 bits per heavy atom. The van der Waals surface area contributed by atoms with Gasteiger partial charge in [-0.1, -0.05) is 45.1 Å². The molecular weight excluding hydrogens is 236 g/mol. The van der Waals surface area contributed by atoms with Crippen LogP contribution in [0, 0.1) is 11.8 Å². The van der Waals surface area contributed by atoms with Crippen molar-refractivity contribution in [3.8, 4) is 11.5 Å². The van der Waals surface area contributed by atoms with Crippen molar-refractivity contribution in [1.82, 2.24) is 0 Å². The third-order valence-electron chi connectivity index (χ3n) is 4.47. The summed E-state index contributed by atoms with van der Waals surface area (Å²) in [4.78, 5) is 0. The molecule has 19 heavy (non-hydrogen) atoms. The third-order valence-corrected chi connectivity index (χ3v) is 4.47. The highest BCUT2D eigenvalue weighted by atomic mass is 16.3. The summed E-state index contributed by atoms with van der Waals surface area (Å²) in [5.74, 6) is 1.77. The molecule has 1 aliphatic carbocycles. The molecule has 1 aliphatic rings. The van der Waals surface area contributed by atoms with E-state index < -0.39 is 0 Å². The van der Waals surface area contributed by atoms with Gasteiger partial charge in [-0.15, -0.1) is 0 Å². The molecule has 0 bridgehead atoms. The molecule has 2 nitrogen and oxygen atoms in total. The lowest BCUT2D eigenvalue weighted by atomic mass is 9.77. The van der Waals surface area contributed by atoms with Crippen LogP contribution >= 0.6 is 0 Å². The van der Waals surface area contributed by atoms with Gasteiger partial charge in [0.1, 0.15) is 0 Å². The Balaban J connectivity index is 1.82. The van der Waals surface area contributed by atoms with Crippen LogP contribution in [-0.4, -0.2) is 10.2 Å². The van der Waals surface area contributed by atoms with Gasteiger partial charge in [-0.2, -0.15) is 0 Å². The third kappa shape index (κ3) is 4.15. The number of aryl methyl sites for hydroxylation is 1. The first-order valence-electron chi connectivity index (χ1n) is 7.70. The fourth-order valence-electron chi connectivity index (χ4n) is 3.43. The zero-order valence-corrected chi connectivity index (χ0v) is 11.9. The van der Waals surface area contributed by atoms with Gasteiger partial charge < -0.3 is 10.2 Å². The van der Waals surface area contributed by atoms with Crippen LogP contribution in [0.2, 0.25) is 0 Å². The predicted octanol–water partition coefficient (Wildman–Crippen LogP) is 4.64. The molecule has 1 aromatic rings. The second kappa shape index (κ2) is 6.83. The molecule has 2 rings (SSSR count). The quantitative estimate of drug-likeness (QED) is 0.759. The number of phenols is 2. The molecule has 2 unspecified atom stereocenters. The first kappa shape index (κ1) is 14.2. The second-order valence-corrected chi connectivity index (χ2v) is 6.05. The van der Waals surface area contributed by atoms with Gasteiger partial charge in [0, 0.05) is 0 Å². The maximum Gasteiger partial charge on any atom is 0.157 e. The van der Waals surface area contributed by atoms with E-state index in [-0.39, 0.29) is 11.5 Å². The summed E-state index contributed by atoms with van der Waals surface area (Å²) in [7, 11) is 0. The molecule has 1 fully saturated rings. The first-order valence-corrected chi connectivity index (χ1v) is 7.70. The van der Waals surface area contributed by atoms with Crippen molar-refractivity contribution in [3.63, 3.8) is 0 Å². The molecule has 0 heterocycles. The molecule has 0 amide bonds. The van der Waals surface area contributed by atoms with Gasteiger partial charge in [-0.25, -0.2) is 0 Å².